The molecule has 1 aliphatic carbocycles. The number of aromatic nitrogens is 4. The SMILES string of the molecule is O=C(Cn1nc(C2CC2)c2cnn(-c3ccccc3)c2c1=O)N1CCCC1. The Hall–Kier alpha value is -2.96. The Labute approximate surface area is 156 Å². The molecule has 2 aromatic heterocycles. The molecule has 2 fully saturated rings. The van der Waals surface area contributed by atoms with Crippen LogP contribution in [-0.2, 0) is 11.3 Å². The number of para-hydroxylation sites is 1. The van der Waals surface area contributed by atoms with Gasteiger partial charge >= 0.3 is 0 Å². The van der Waals surface area contributed by atoms with Crippen LogP contribution in [0.4, 0.5) is 0 Å². The van der Waals surface area contributed by atoms with Crippen molar-refractivity contribution in [1.29, 1.82) is 0 Å². The Morgan fingerprint density at radius 1 is 1.11 bits per heavy atom. The Bertz CT molecular complexity index is 1060. The zero-order valence-corrected chi connectivity index (χ0v) is 15.0. The quantitative estimate of drug-likeness (QED) is 0.711. The number of fused-ring (bicyclic) bond motifs is 1. The molecular weight excluding hydrogens is 342 g/mol. The highest BCUT2D eigenvalue weighted by Crippen LogP contribution is 2.41. The van der Waals surface area contributed by atoms with E-state index in [1.165, 1.54) is 4.68 Å². The molecule has 0 N–H and O–H groups in total. The largest absolute Gasteiger partial charge is 0.341 e. The third-order valence-electron chi connectivity index (χ3n) is 5.42. The fourth-order valence-corrected chi connectivity index (χ4v) is 3.82. The van der Waals surface area contributed by atoms with Crippen LogP contribution < -0.4 is 5.56 Å². The number of amides is 1. The van der Waals surface area contributed by atoms with Gasteiger partial charge in [-0.05, 0) is 37.8 Å². The molecular formula is C20H21N5O2. The Morgan fingerprint density at radius 2 is 1.85 bits per heavy atom. The summed E-state index contributed by atoms with van der Waals surface area (Å²) in [6, 6.07) is 9.60. The highest BCUT2D eigenvalue weighted by Gasteiger charge is 2.31. The second kappa shape index (κ2) is 6.33. The summed E-state index contributed by atoms with van der Waals surface area (Å²) < 4.78 is 3.01. The molecule has 3 heterocycles. The molecule has 1 aromatic carbocycles. The molecule has 0 unspecified atom stereocenters. The minimum Gasteiger partial charge on any atom is -0.341 e. The molecule has 5 rings (SSSR count). The van der Waals surface area contributed by atoms with Crippen LogP contribution in [0.25, 0.3) is 16.6 Å². The zero-order chi connectivity index (χ0) is 18.4. The van der Waals surface area contributed by atoms with Gasteiger partial charge in [-0.3, -0.25) is 9.59 Å². The van der Waals surface area contributed by atoms with E-state index in [9.17, 15) is 9.59 Å². The van der Waals surface area contributed by atoms with Crippen LogP contribution >= 0.6 is 0 Å². The molecule has 0 atom stereocenters. The Morgan fingerprint density at radius 3 is 2.56 bits per heavy atom. The van der Waals surface area contributed by atoms with E-state index in [1.807, 2.05) is 35.2 Å². The molecule has 1 saturated heterocycles. The summed E-state index contributed by atoms with van der Waals surface area (Å²) in [6.45, 7) is 1.54. The first-order chi connectivity index (χ1) is 13.2. The van der Waals surface area contributed by atoms with Gasteiger partial charge in [0.05, 0.1) is 17.6 Å². The molecule has 1 amide bonds. The van der Waals surface area contributed by atoms with Gasteiger partial charge in [0, 0.05) is 24.4 Å². The van der Waals surface area contributed by atoms with Crippen molar-refractivity contribution in [2.45, 2.75) is 38.1 Å². The maximum Gasteiger partial charge on any atom is 0.293 e. The lowest BCUT2D eigenvalue weighted by atomic mass is 10.2. The van der Waals surface area contributed by atoms with E-state index >= 15 is 0 Å². The number of carbonyl (C=O) groups excluding carboxylic acids is 1. The Kier molecular flexibility index (Phi) is 3.81. The van der Waals surface area contributed by atoms with Crippen molar-refractivity contribution in [2.75, 3.05) is 13.1 Å². The second-order valence-electron chi connectivity index (χ2n) is 7.36. The molecule has 138 valence electrons. The third-order valence-corrected chi connectivity index (χ3v) is 5.42. The molecule has 7 heteroatoms. The smallest absolute Gasteiger partial charge is 0.293 e. The third kappa shape index (κ3) is 2.83. The molecule has 0 spiro atoms. The van der Waals surface area contributed by atoms with Gasteiger partial charge in [0.1, 0.15) is 12.1 Å². The lowest BCUT2D eigenvalue weighted by molar-refractivity contribution is -0.131. The van der Waals surface area contributed by atoms with Gasteiger partial charge in [-0.1, -0.05) is 18.2 Å². The van der Waals surface area contributed by atoms with E-state index in [4.69, 9.17) is 0 Å². The normalized spacial score (nSPS) is 17.0. The van der Waals surface area contributed by atoms with Crippen LogP contribution in [0.5, 0.6) is 0 Å². The fourth-order valence-electron chi connectivity index (χ4n) is 3.82. The van der Waals surface area contributed by atoms with Crippen molar-refractivity contribution in [3.05, 3.63) is 52.6 Å². The summed E-state index contributed by atoms with van der Waals surface area (Å²) in [4.78, 5) is 27.6. The standard InChI is InChI=1S/C20H21N5O2/c26-17(23-10-4-5-11-23)13-24-20(27)19-16(18(22-24)14-8-9-14)12-21-25(19)15-6-2-1-3-7-15/h1-3,6-7,12,14H,4-5,8-11,13H2. The van der Waals surface area contributed by atoms with Crippen molar-refractivity contribution < 1.29 is 4.79 Å². The summed E-state index contributed by atoms with van der Waals surface area (Å²) >= 11 is 0. The number of carbonyl (C=O) groups is 1. The van der Waals surface area contributed by atoms with Crippen LogP contribution in [-0.4, -0.2) is 43.5 Å². The summed E-state index contributed by atoms with van der Waals surface area (Å²) in [6.07, 6.45) is 5.92. The average molecular weight is 363 g/mol. The van der Waals surface area contributed by atoms with E-state index in [0.717, 1.165) is 55.5 Å². The first kappa shape index (κ1) is 16.2. The summed E-state index contributed by atoms with van der Waals surface area (Å²) in [5.74, 6) is 0.323. The lowest BCUT2D eigenvalue weighted by Crippen LogP contribution is -2.36. The monoisotopic (exact) mass is 363 g/mol. The van der Waals surface area contributed by atoms with Gasteiger partial charge in [-0.15, -0.1) is 0 Å². The highest BCUT2D eigenvalue weighted by atomic mass is 16.2. The second-order valence-corrected chi connectivity index (χ2v) is 7.36. The van der Waals surface area contributed by atoms with Crippen molar-refractivity contribution in [3.8, 4) is 5.69 Å². The van der Waals surface area contributed by atoms with Crippen molar-refractivity contribution in [3.63, 3.8) is 0 Å². The van der Waals surface area contributed by atoms with Gasteiger partial charge in [-0.2, -0.15) is 10.2 Å². The predicted molar refractivity (Wildman–Crippen MR) is 101 cm³/mol. The van der Waals surface area contributed by atoms with Gasteiger partial charge in [0.15, 0.2) is 0 Å². The van der Waals surface area contributed by atoms with Crippen molar-refractivity contribution >= 4 is 16.8 Å². The van der Waals surface area contributed by atoms with E-state index in [0.29, 0.717) is 11.4 Å². The molecule has 27 heavy (non-hydrogen) atoms. The maximum atomic E-state index is 13.2. The molecule has 1 aliphatic heterocycles. The number of benzene rings is 1. The number of likely N-dealkylation sites (tertiary alicyclic amines) is 1. The van der Waals surface area contributed by atoms with Crippen molar-refractivity contribution in [1.82, 2.24) is 24.5 Å². The Balaban J connectivity index is 1.64. The number of rotatable bonds is 4. The van der Waals surface area contributed by atoms with Crippen molar-refractivity contribution in [2.24, 2.45) is 0 Å². The number of hydrogen-bond acceptors (Lipinski definition) is 4. The van der Waals surface area contributed by atoms with E-state index < -0.39 is 0 Å². The first-order valence-electron chi connectivity index (χ1n) is 9.54. The lowest BCUT2D eigenvalue weighted by Gasteiger charge is -2.16. The fraction of sp³-hybridized carbons (Fsp3) is 0.400. The average Bonchev–Trinajstić information content (AvgIpc) is 3.20. The van der Waals surface area contributed by atoms with E-state index in [2.05, 4.69) is 10.2 Å². The van der Waals surface area contributed by atoms with Crippen LogP contribution in [0.2, 0.25) is 0 Å². The van der Waals surface area contributed by atoms with Crippen LogP contribution in [0.3, 0.4) is 0 Å². The van der Waals surface area contributed by atoms with Gasteiger partial charge in [0.25, 0.3) is 5.56 Å². The minimum atomic E-state index is -0.261. The molecule has 1 saturated carbocycles. The summed E-state index contributed by atoms with van der Waals surface area (Å²) in [5.41, 5.74) is 1.96. The first-order valence-corrected chi connectivity index (χ1v) is 9.54. The van der Waals surface area contributed by atoms with E-state index in [-0.39, 0.29) is 18.0 Å². The minimum absolute atomic E-state index is 0.00549. The number of nitrogens with zero attached hydrogens (tertiary/aromatic N) is 5. The summed E-state index contributed by atoms with van der Waals surface area (Å²) in [5, 5.41) is 9.85. The summed E-state index contributed by atoms with van der Waals surface area (Å²) in [7, 11) is 0. The van der Waals surface area contributed by atoms with Gasteiger partial charge < -0.3 is 4.90 Å². The topological polar surface area (TPSA) is 73.0 Å². The van der Waals surface area contributed by atoms with Gasteiger partial charge in [0.2, 0.25) is 5.91 Å². The molecule has 7 nitrogen and oxygen atoms in total. The van der Waals surface area contributed by atoms with Gasteiger partial charge in [-0.25, -0.2) is 9.36 Å². The molecule has 2 aliphatic rings. The molecule has 0 radical (unpaired) electrons. The highest BCUT2D eigenvalue weighted by molar-refractivity contribution is 5.83. The number of hydrogen-bond donors (Lipinski definition) is 0. The molecule has 3 aromatic rings. The zero-order valence-electron chi connectivity index (χ0n) is 15.0. The molecule has 0 bridgehead atoms. The maximum absolute atomic E-state index is 13.2. The van der Waals surface area contributed by atoms with Crippen LogP contribution in [0.15, 0.2) is 41.3 Å². The van der Waals surface area contributed by atoms with E-state index in [1.54, 1.807) is 10.9 Å². The van der Waals surface area contributed by atoms with Crippen LogP contribution in [0, 0.1) is 0 Å². The predicted octanol–water partition coefficient (Wildman–Crippen LogP) is 2.08. The van der Waals surface area contributed by atoms with Crippen LogP contribution in [0.1, 0.15) is 37.3 Å².